The summed E-state index contributed by atoms with van der Waals surface area (Å²) in [6.07, 6.45) is -3.52. The lowest BCUT2D eigenvalue weighted by molar-refractivity contribution is -0.193. The smallest absolute Gasteiger partial charge is 0.491 e. The third kappa shape index (κ3) is 5.96. The van der Waals surface area contributed by atoms with E-state index >= 15 is 0 Å². The molecule has 0 spiro atoms. The average Bonchev–Trinajstić information content (AvgIpc) is 2.87. The van der Waals surface area contributed by atoms with Gasteiger partial charge in [-0.25, -0.2) is 14.4 Å². The molecule has 3 saturated heterocycles. The lowest BCUT2D eigenvalue weighted by Crippen LogP contribution is -2.52. The van der Waals surface area contributed by atoms with E-state index in [4.69, 9.17) is 9.47 Å². The highest BCUT2D eigenvalue weighted by Crippen LogP contribution is 2.32. The Morgan fingerprint density at radius 2 is 1.64 bits per heavy atom. The van der Waals surface area contributed by atoms with E-state index in [-0.39, 0.29) is 11.7 Å². The van der Waals surface area contributed by atoms with Crippen molar-refractivity contribution in [3.05, 3.63) is 59.7 Å². The maximum Gasteiger partial charge on any atom is 0.491 e. The maximum absolute atomic E-state index is 13.3. The number of carbonyl (C=O) groups excluding carboxylic acids is 3. The molecule has 2 aromatic rings. The standard InChI is InChI=1S/C25H25F3N2O6/c1-34-19-8-4-16(5-9-19)21(23(32)35-20-14-30-12-10-15(20)11-13-30)29-18-6-2-17(3-7-18)22(31)36-24(33)25(26,27)28/h2-9,15,20-21,29H,10-14H2,1H3/t20-,21?/m0/s1. The second-order valence-electron chi connectivity index (χ2n) is 8.72. The lowest BCUT2D eigenvalue weighted by Gasteiger charge is -2.44. The van der Waals surface area contributed by atoms with Gasteiger partial charge in [-0.2, -0.15) is 13.2 Å². The Kier molecular flexibility index (Phi) is 7.48. The van der Waals surface area contributed by atoms with E-state index in [1.54, 1.807) is 24.3 Å². The number of anilines is 1. The number of nitrogens with zero attached hydrogens (tertiary/aromatic N) is 1. The van der Waals surface area contributed by atoms with E-state index < -0.39 is 30.1 Å². The van der Waals surface area contributed by atoms with Gasteiger partial charge in [0.1, 0.15) is 11.9 Å². The average molecular weight is 506 g/mol. The normalized spacial score (nSPS) is 21.8. The van der Waals surface area contributed by atoms with Crippen LogP contribution in [0.15, 0.2) is 48.5 Å². The van der Waals surface area contributed by atoms with Gasteiger partial charge in [-0.05, 0) is 73.8 Å². The van der Waals surface area contributed by atoms with Crippen molar-refractivity contribution in [2.24, 2.45) is 5.92 Å². The summed E-state index contributed by atoms with van der Waals surface area (Å²) in [5.41, 5.74) is 0.760. The molecule has 36 heavy (non-hydrogen) atoms. The van der Waals surface area contributed by atoms with Crippen LogP contribution >= 0.6 is 0 Å². The summed E-state index contributed by atoms with van der Waals surface area (Å²) >= 11 is 0. The van der Waals surface area contributed by atoms with Gasteiger partial charge in [-0.3, -0.25) is 4.90 Å². The van der Waals surface area contributed by atoms with E-state index in [0.29, 0.717) is 29.5 Å². The van der Waals surface area contributed by atoms with Crippen LogP contribution in [-0.4, -0.2) is 61.8 Å². The van der Waals surface area contributed by atoms with Gasteiger partial charge in [0.2, 0.25) is 0 Å². The zero-order valence-electron chi connectivity index (χ0n) is 19.4. The van der Waals surface area contributed by atoms with Crippen LogP contribution in [0.25, 0.3) is 0 Å². The SMILES string of the molecule is COc1ccc(C(Nc2ccc(C(=O)OC(=O)C(F)(F)F)cc2)C(=O)O[C@H]2CN3CCC2CC3)cc1. The van der Waals surface area contributed by atoms with Gasteiger partial charge in [0.25, 0.3) is 0 Å². The van der Waals surface area contributed by atoms with E-state index in [2.05, 4.69) is 15.0 Å². The largest absolute Gasteiger partial charge is 0.497 e. The summed E-state index contributed by atoms with van der Waals surface area (Å²) in [6, 6.07) is 11.2. The number of rotatable bonds is 7. The summed E-state index contributed by atoms with van der Waals surface area (Å²) < 4.78 is 52.0. The van der Waals surface area contributed by atoms with Crippen molar-refractivity contribution in [3.63, 3.8) is 0 Å². The first-order valence-electron chi connectivity index (χ1n) is 11.4. The summed E-state index contributed by atoms with van der Waals surface area (Å²) in [4.78, 5) is 38.3. The van der Waals surface area contributed by atoms with E-state index in [1.807, 2.05) is 0 Å². The van der Waals surface area contributed by atoms with Gasteiger partial charge >= 0.3 is 24.1 Å². The fourth-order valence-corrected chi connectivity index (χ4v) is 4.41. The first-order valence-corrected chi connectivity index (χ1v) is 11.4. The lowest BCUT2D eigenvalue weighted by atomic mass is 9.86. The molecule has 5 rings (SSSR count). The molecule has 2 bridgehead atoms. The van der Waals surface area contributed by atoms with Crippen molar-refractivity contribution >= 4 is 23.6 Å². The van der Waals surface area contributed by atoms with Crippen LogP contribution < -0.4 is 10.1 Å². The summed E-state index contributed by atoms with van der Waals surface area (Å²) in [5.74, 6) is -3.57. The fraction of sp³-hybridized carbons (Fsp3) is 0.400. The molecule has 0 amide bonds. The predicted octanol–water partition coefficient (Wildman–Crippen LogP) is 3.73. The molecule has 1 unspecified atom stereocenters. The van der Waals surface area contributed by atoms with Crippen LogP contribution in [0, 0.1) is 5.92 Å². The zero-order chi connectivity index (χ0) is 25.9. The van der Waals surface area contributed by atoms with Gasteiger partial charge < -0.3 is 19.5 Å². The van der Waals surface area contributed by atoms with Crippen LogP contribution in [-0.2, 0) is 19.1 Å². The summed E-state index contributed by atoms with van der Waals surface area (Å²) in [6.45, 7) is 2.70. The van der Waals surface area contributed by atoms with Gasteiger partial charge in [0.05, 0.1) is 12.7 Å². The number of esters is 3. The van der Waals surface area contributed by atoms with Crippen LogP contribution in [0.5, 0.6) is 5.75 Å². The molecule has 0 saturated carbocycles. The molecule has 3 aliphatic rings. The number of piperidine rings is 3. The van der Waals surface area contributed by atoms with Crippen molar-refractivity contribution < 1.29 is 41.8 Å². The Balaban J connectivity index is 1.49. The number of benzene rings is 2. The number of hydrogen-bond acceptors (Lipinski definition) is 8. The second kappa shape index (κ2) is 10.6. The number of halogens is 3. The molecule has 3 heterocycles. The van der Waals surface area contributed by atoms with E-state index in [0.717, 1.165) is 25.9 Å². The molecule has 11 heteroatoms. The highest BCUT2D eigenvalue weighted by atomic mass is 19.4. The number of hydrogen-bond donors (Lipinski definition) is 1. The molecule has 0 aliphatic carbocycles. The molecule has 2 aromatic carbocycles. The van der Waals surface area contributed by atoms with Gasteiger partial charge in [-0.1, -0.05) is 12.1 Å². The van der Waals surface area contributed by atoms with Crippen LogP contribution in [0.1, 0.15) is 34.8 Å². The number of alkyl halides is 3. The van der Waals surface area contributed by atoms with Crippen LogP contribution in [0.2, 0.25) is 0 Å². The molecular formula is C25H25F3N2O6. The number of nitrogens with one attached hydrogen (secondary N) is 1. The Hall–Kier alpha value is -3.60. The third-order valence-electron chi connectivity index (χ3n) is 6.40. The Labute approximate surface area is 205 Å². The monoisotopic (exact) mass is 506 g/mol. The quantitative estimate of drug-likeness (QED) is 0.449. The van der Waals surface area contributed by atoms with Gasteiger partial charge in [0.15, 0.2) is 6.04 Å². The summed E-state index contributed by atoms with van der Waals surface area (Å²) in [5, 5.41) is 3.07. The molecule has 1 N–H and O–H groups in total. The highest BCUT2D eigenvalue weighted by molar-refractivity contribution is 5.98. The molecule has 8 nitrogen and oxygen atoms in total. The number of carbonyl (C=O) groups is 3. The van der Waals surface area contributed by atoms with Crippen molar-refractivity contribution in [1.82, 2.24) is 4.90 Å². The second-order valence-corrected chi connectivity index (χ2v) is 8.72. The molecular weight excluding hydrogens is 481 g/mol. The van der Waals surface area contributed by atoms with Gasteiger partial charge in [0, 0.05) is 12.2 Å². The molecule has 2 atom stereocenters. The van der Waals surface area contributed by atoms with Crippen molar-refractivity contribution in [2.45, 2.75) is 31.2 Å². The highest BCUT2D eigenvalue weighted by Gasteiger charge is 2.42. The minimum Gasteiger partial charge on any atom is -0.497 e. The summed E-state index contributed by atoms with van der Waals surface area (Å²) in [7, 11) is 1.53. The van der Waals surface area contributed by atoms with E-state index in [9.17, 15) is 27.6 Å². The number of fused-ring (bicyclic) bond motifs is 3. The van der Waals surface area contributed by atoms with Crippen molar-refractivity contribution in [2.75, 3.05) is 32.1 Å². The first kappa shape index (κ1) is 25.5. The number of methoxy groups -OCH3 is 1. The molecule has 3 fully saturated rings. The zero-order valence-corrected chi connectivity index (χ0v) is 19.4. The fourth-order valence-electron chi connectivity index (χ4n) is 4.41. The predicted molar refractivity (Wildman–Crippen MR) is 121 cm³/mol. The Morgan fingerprint density at radius 3 is 2.17 bits per heavy atom. The minimum atomic E-state index is -5.28. The topological polar surface area (TPSA) is 94.2 Å². The Morgan fingerprint density at radius 1 is 1.00 bits per heavy atom. The molecule has 0 aromatic heterocycles. The van der Waals surface area contributed by atoms with Gasteiger partial charge in [-0.15, -0.1) is 0 Å². The molecule has 3 aliphatic heterocycles. The van der Waals surface area contributed by atoms with Crippen molar-refractivity contribution in [1.29, 1.82) is 0 Å². The van der Waals surface area contributed by atoms with Crippen LogP contribution in [0.3, 0.4) is 0 Å². The molecule has 192 valence electrons. The molecule has 0 radical (unpaired) electrons. The first-order chi connectivity index (χ1) is 17.1. The Bertz CT molecular complexity index is 1100. The van der Waals surface area contributed by atoms with Crippen molar-refractivity contribution in [3.8, 4) is 5.75 Å². The third-order valence-corrected chi connectivity index (χ3v) is 6.40. The maximum atomic E-state index is 13.3. The minimum absolute atomic E-state index is 0.203. The number of ether oxygens (including phenoxy) is 3. The van der Waals surface area contributed by atoms with Crippen LogP contribution in [0.4, 0.5) is 18.9 Å². The van der Waals surface area contributed by atoms with E-state index in [1.165, 1.54) is 31.4 Å².